The van der Waals surface area contributed by atoms with E-state index in [0.717, 1.165) is 6.54 Å². The zero-order valence-electron chi connectivity index (χ0n) is 13.9. The van der Waals surface area contributed by atoms with Crippen LogP contribution in [0.1, 0.15) is 20.8 Å². The predicted octanol–water partition coefficient (Wildman–Crippen LogP) is -4.63. The summed E-state index contributed by atoms with van der Waals surface area (Å²) in [6.45, 7) is 7.73. The van der Waals surface area contributed by atoms with Crippen molar-refractivity contribution in [2.45, 2.75) is 20.8 Å². The summed E-state index contributed by atoms with van der Waals surface area (Å²) in [6.07, 6.45) is 2.31. The van der Waals surface area contributed by atoms with Gasteiger partial charge in [0.2, 0.25) is 0 Å². The summed E-state index contributed by atoms with van der Waals surface area (Å²) in [4.78, 5) is 2.17. The molecule has 0 fully saturated rings. The molecule has 0 N–H and O–H groups in total. The van der Waals surface area contributed by atoms with E-state index < -0.39 is 0 Å². The van der Waals surface area contributed by atoms with Crippen LogP contribution in [-0.2, 0) is 18.6 Å². The summed E-state index contributed by atoms with van der Waals surface area (Å²) in [6, 6.07) is 14.7. The van der Waals surface area contributed by atoms with E-state index in [1.165, 1.54) is 10.8 Å². The number of fused-ring (bicyclic) bond motifs is 1. The summed E-state index contributed by atoms with van der Waals surface area (Å²) in [7, 11) is 4.17. The van der Waals surface area contributed by atoms with E-state index in [4.69, 9.17) is 0 Å². The molecule has 0 atom stereocenters. The van der Waals surface area contributed by atoms with Gasteiger partial charge in [0.1, 0.15) is 0 Å². The Morgan fingerprint density at radius 3 is 1.95 bits per heavy atom. The van der Waals surface area contributed by atoms with Gasteiger partial charge in [0.15, 0.2) is 0 Å². The maximum atomic E-state index is 2.31. The molecule has 0 aromatic heterocycles. The summed E-state index contributed by atoms with van der Waals surface area (Å²) < 4.78 is 0. The van der Waals surface area contributed by atoms with Crippen molar-refractivity contribution in [2.75, 3.05) is 20.6 Å². The minimum atomic E-state index is 0. The number of rotatable bonds is 2. The monoisotopic (exact) mass is 399 g/mol. The summed E-state index contributed by atoms with van der Waals surface area (Å²) in [5, 5.41) is 2.66. The van der Waals surface area contributed by atoms with E-state index in [9.17, 15) is 0 Å². The molecule has 0 saturated carbocycles. The van der Waals surface area contributed by atoms with Gasteiger partial charge in [-0.05, 0) is 14.1 Å². The standard InChI is InChI=1S/C9H7.C8H18N.3ClH.V/c1-2-5-9-7-3-6-8(9)4-1;1-8(2,3)6-7-9(4)5;;;;/h1-7H;6H,7H2,1-5H3;3*1H;/q2*-1;;;;/p-3. The van der Waals surface area contributed by atoms with Crippen LogP contribution in [0, 0.1) is 11.8 Å². The van der Waals surface area contributed by atoms with Gasteiger partial charge in [0, 0.05) is 18.6 Å². The smallest absolute Gasteiger partial charge is 0 e. The molecule has 0 heterocycles. The minimum Gasteiger partial charge on any atom is -1.00 e. The molecule has 22 heavy (non-hydrogen) atoms. The molecular weight excluding hydrogens is 375 g/mol. The van der Waals surface area contributed by atoms with E-state index >= 15 is 0 Å². The van der Waals surface area contributed by atoms with Crippen LogP contribution >= 0.6 is 0 Å². The predicted molar refractivity (Wildman–Crippen MR) is 81.9 cm³/mol. The maximum Gasteiger partial charge on any atom is 0 e. The Kier molecular flexibility index (Phi) is 20.3. The van der Waals surface area contributed by atoms with Crippen molar-refractivity contribution in [2.24, 2.45) is 5.41 Å². The molecule has 1 radical (unpaired) electrons. The van der Waals surface area contributed by atoms with Crippen molar-refractivity contribution in [1.82, 2.24) is 4.90 Å². The van der Waals surface area contributed by atoms with Gasteiger partial charge in [0.25, 0.3) is 0 Å². The Morgan fingerprint density at radius 1 is 1.00 bits per heavy atom. The van der Waals surface area contributed by atoms with Gasteiger partial charge in [-0.15, -0.1) is 36.2 Å². The molecule has 5 heteroatoms. The van der Waals surface area contributed by atoms with Crippen LogP contribution in [0.2, 0.25) is 0 Å². The van der Waals surface area contributed by atoms with Crippen molar-refractivity contribution in [3.8, 4) is 0 Å². The fourth-order valence-corrected chi connectivity index (χ4v) is 1.53. The van der Waals surface area contributed by atoms with Crippen molar-refractivity contribution >= 4 is 10.8 Å². The Labute approximate surface area is 166 Å². The molecule has 2 aromatic rings. The first-order valence-corrected chi connectivity index (χ1v) is 6.48. The van der Waals surface area contributed by atoms with Crippen molar-refractivity contribution in [3.63, 3.8) is 0 Å². The normalized spacial score (nSPS) is 9.36. The zero-order valence-corrected chi connectivity index (χ0v) is 17.5. The van der Waals surface area contributed by atoms with Gasteiger partial charge in [-0.3, -0.25) is 0 Å². The van der Waals surface area contributed by atoms with Crippen LogP contribution in [0.25, 0.3) is 10.8 Å². The summed E-state index contributed by atoms with van der Waals surface area (Å²) in [5.74, 6) is 0. The van der Waals surface area contributed by atoms with Crippen LogP contribution in [0.5, 0.6) is 0 Å². The van der Waals surface area contributed by atoms with E-state index in [1.54, 1.807) is 0 Å². The third-order valence-corrected chi connectivity index (χ3v) is 2.62. The molecule has 0 amide bonds. The largest absolute Gasteiger partial charge is 1.00 e. The van der Waals surface area contributed by atoms with Crippen LogP contribution < -0.4 is 37.2 Å². The zero-order chi connectivity index (χ0) is 13.6. The number of hydrogen-bond acceptors (Lipinski definition) is 1. The van der Waals surface area contributed by atoms with Gasteiger partial charge in [0.05, 0.1) is 0 Å². The first-order valence-electron chi connectivity index (χ1n) is 6.48. The quantitative estimate of drug-likeness (QED) is 0.459. The third kappa shape index (κ3) is 13.9. The van der Waals surface area contributed by atoms with Gasteiger partial charge in [-0.25, -0.2) is 0 Å². The molecule has 0 aliphatic heterocycles. The van der Waals surface area contributed by atoms with Crippen LogP contribution in [0.15, 0.2) is 42.5 Å². The molecular formula is C17H25Cl3NV-5. The third-order valence-electron chi connectivity index (χ3n) is 2.62. The Bertz CT molecular complexity index is 434. The number of halogens is 3. The topological polar surface area (TPSA) is 3.24 Å². The van der Waals surface area contributed by atoms with Crippen LogP contribution in [-0.4, -0.2) is 25.5 Å². The summed E-state index contributed by atoms with van der Waals surface area (Å²) in [5.41, 5.74) is 0.365. The Morgan fingerprint density at radius 2 is 1.55 bits per heavy atom. The molecule has 0 aliphatic carbocycles. The fraction of sp³-hybridized carbons (Fsp3) is 0.412. The van der Waals surface area contributed by atoms with Gasteiger partial charge >= 0.3 is 0 Å². The maximum absolute atomic E-state index is 2.31. The molecule has 0 bridgehead atoms. The average Bonchev–Trinajstić information content (AvgIpc) is 2.74. The number of benzene rings is 1. The molecule has 0 spiro atoms. The molecule has 0 saturated heterocycles. The Balaban J connectivity index is -0.000000125. The summed E-state index contributed by atoms with van der Waals surface area (Å²) >= 11 is 0. The fourth-order valence-electron chi connectivity index (χ4n) is 1.53. The number of hydrogen-bond donors (Lipinski definition) is 0. The average molecular weight is 401 g/mol. The van der Waals surface area contributed by atoms with E-state index in [0.29, 0.717) is 5.41 Å². The molecule has 129 valence electrons. The first kappa shape index (κ1) is 30.2. The van der Waals surface area contributed by atoms with E-state index in [2.05, 4.69) is 88.7 Å². The van der Waals surface area contributed by atoms with Crippen molar-refractivity contribution in [1.29, 1.82) is 0 Å². The molecule has 2 rings (SSSR count). The first-order chi connectivity index (χ1) is 8.38. The van der Waals surface area contributed by atoms with E-state index in [1.807, 2.05) is 0 Å². The van der Waals surface area contributed by atoms with Crippen LogP contribution in [0.3, 0.4) is 0 Å². The molecule has 0 aliphatic rings. The van der Waals surface area contributed by atoms with Crippen LogP contribution in [0.4, 0.5) is 0 Å². The molecule has 2 aromatic carbocycles. The van der Waals surface area contributed by atoms with Gasteiger partial charge < -0.3 is 48.5 Å². The van der Waals surface area contributed by atoms with Gasteiger partial charge in [-0.1, -0.05) is 26.8 Å². The Hall–Kier alpha value is 0.244. The van der Waals surface area contributed by atoms with Gasteiger partial charge in [-0.2, -0.15) is 22.9 Å². The second kappa shape index (κ2) is 14.8. The second-order valence-corrected chi connectivity index (χ2v) is 5.99. The number of nitrogens with zero attached hydrogens (tertiary/aromatic N) is 1. The second-order valence-electron chi connectivity index (χ2n) is 5.99. The van der Waals surface area contributed by atoms with Crippen molar-refractivity contribution < 1.29 is 55.8 Å². The molecule has 1 nitrogen and oxygen atoms in total. The van der Waals surface area contributed by atoms with E-state index in [-0.39, 0.29) is 55.8 Å². The van der Waals surface area contributed by atoms with Crippen molar-refractivity contribution in [3.05, 3.63) is 48.9 Å². The minimum absolute atomic E-state index is 0. The molecule has 0 unspecified atom stereocenters. The SMILES string of the molecule is CN(C)C[CH-]C(C)(C)C.[Cl-].[Cl-].[Cl-].[V].c1ccc2[cH-]ccc2c1.